The SMILES string of the molecule is NC(=O)NC1CCN(C(=O)C=Cc2ccc(Cl)c(Cl)c2)C1. The van der Waals surface area contributed by atoms with Crippen LogP contribution in [0, 0.1) is 0 Å². The van der Waals surface area contributed by atoms with E-state index >= 15 is 0 Å². The Morgan fingerprint density at radius 1 is 1.33 bits per heavy atom. The molecule has 1 aliphatic heterocycles. The van der Waals surface area contributed by atoms with E-state index in [1.807, 2.05) is 0 Å². The maximum absolute atomic E-state index is 12.0. The zero-order valence-electron chi connectivity index (χ0n) is 11.2. The molecule has 0 saturated carbocycles. The quantitative estimate of drug-likeness (QED) is 0.835. The van der Waals surface area contributed by atoms with Crippen LogP contribution < -0.4 is 11.1 Å². The number of amides is 3. The molecule has 0 aliphatic carbocycles. The molecule has 3 N–H and O–H groups in total. The molecule has 1 unspecified atom stereocenters. The van der Waals surface area contributed by atoms with Crippen LogP contribution in [-0.4, -0.2) is 36.0 Å². The molecule has 1 fully saturated rings. The van der Waals surface area contributed by atoms with Crippen LogP contribution in [-0.2, 0) is 4.79 Å². The number of likely N-dealkylation sites (tertiary alicyclic amines) is 1. The van der Waals surface area contributed by atoms with Gasteiger partial charge in [0.2, 0.25) is 5.91 Å². The van der Waals surface area contributed by atoms with Crippen LogP contribution in [0.15, 0.2) is 24.3 Å². The minimum Gasteiger partial charge on any atom is -0.352 e. The molecule has 112 valence electrons. The van der Waals surface area contributed by atoms with E-state index in [0.29, 0.717) is 29.6 Å². The Morgan fingerprint density at radius 3 is 2.76 bits per heavy atom. The van der Waals surface area contributed by atoms with Crippen LogP contribution in [0.25, 0.3) is 6.08 Å². The summed E-state index contributed by atoms with van der Waals surface area (Å²) in [4.78, 5) is 24.5. The van der Waals surface area contributed by atoms with Gasteiger partial charge in [-0.3, -0.25) is 4.79 Å². The number of rotatable bonds is 3. The minimum atomic E-state index is -0.569. The molecule has 7 heteroatoms. The third-order valence-corrected chi connectivity index (χ3v) is 3.95. The minimum absolute atomic E-state index is 0.0789. The van der Waals surface area contributed by atoms with Gasteiger partial charge in [0.25, 0.3) is 0 Å². The summed E-state index contributed by atoms with van der Waals surface area (Å²) in [5, 5.41) is 3.52. The van der Waals surface area contributed by atoms with Gasteiger partial charge in [0.1, 0.15) is 0 Å². The van der Waals surface area contributed by atoms with Crippen LogP contribution in [0.1, 0.15) is 12.0 Å². The second-order valence-electron chi connectivity index (χ2n) is 4.79. The largest absolute Gasteiger partial charge is 0.352 e. The van der Waals surface area contributed by atoms with Crippen molar-refractivity contribution in [2.45, 2.75) is 12.5 Å². The van der Waals surface area contributed by atoms with Gasteiger partial charge in [0.05, 0.1) is 10.0 Å². The molecule has 3 amide bonds. The van der Waals surface area contributed by atoms with Gasteiger partial charge in [0, 0.05) is 25.2 Å². The molecule has 1 aromatic carbocycles. The highest BCUT2D eigenvalue weighted by atomic mass is 35.5. The molecule has 1 aliphatic rings. The summed E-state index contributed by atoms with van der Waals surface area (Å²) in [6.07, 6.45) is 3.86. The Morgan fingerprint density at radius 2 is 2.10 bits per heavy atom. The lowest BCUT2D eigenvalue weighted by atomic mass is 10.2. The van der Waals surface area contributed by atoms with E-state index in [2.05, 4.69) is 5.32 Å². The lowest BCUT2D eigenvalue weighted by Crippen LogP contribution is -2.40. The molecule has 1 atom stereocenters. The standard InChI is InChI=1S/C14H15Cl2N3O2/c15-11-3-1-9(7-12(11)16)2-4-13(20)19-6-5-10(8-19)18-14(17)21/h1-4,7,10H,5-6,8H2,(H3,17,18,21). The highest BCUT2D eigenvalue weighted by molar-refractivity contribution is 6.42. The van der Waals surface area contributed by atoms with Gasteiger partial charge in [-0.25, -0.2) is 4.79 Å². The van der Waals surface area contributed by atoms with E-state index in [9.17, 15) is 9.59 Å². The number of nitrogens with two attached hydrogens (primary N) is 1. The van der Waals surface area contributed by atoms with Gasteiger partial charge in [-0.15, -0.1) is 0 Å². The van der Waals surface area contributed by atoms with Crippen molar-refractivity contribution < 1.29 is 9.59 Å². The van der Waals surface area contributed by atoms with Crippen LogP contribution in [0.2, 0.25) is 10.0 Å². The topological polar surface area (TPSA) is 75.4 Å². The van der Waals surface area contributed by atoms with Crippen molar-refractivity contribution in [3.05, 3.63) is 39.9 Å². The summed E-state index contributed by atoms with van der Waals surface area (Å²) in [6.45, 7) is 1.06. The van der Waals surface area contributed by atoms with E-state index in [0.717, 1.165) is 5.56 Å². The number of halogens is 2. The van der Waals surface area contributed by atoms with Crippen LogP contribution >= 0.6 is 23.2 Å². The predicted octanol–water partition coefficient (Wildman–Crippen LogP) is 2.28. The number of nitrogens with one attached hydrogen (secondary N) is 1. The number of urea groups is 1. The summed E-state index contributed by atoms with van der Waals surface area (Å²) < 4.78 is 0. The first-order valence-electron chi connectivity index (χ1n) is 6.43. The molecule has 0 aromatic heterocycles. The normalized spacial score (nSPS) is 18.2. The monoisotopic (exact) mass is 327 g/mol. The Hall–Kier alpha value is -1.72. The number of hydrogen-bond acceptors (Lipinski definition) is 2. The van der Waals surface area contributed by atoms with Gasteiger partial charge in [-0.2, -0.15) is 0 Å². The second-order valence-corrected chi connectivity index (χ2v) is 5.60. The average Bonchev–Trinajstić information content (AvgIpc) is 2.87. The number of primary amides is 1. The molecular formula is C14H15Cl2N3O2. The Labute approximate surface area is 132 Å². The Bertz CT molecular complexity index is 590. The van der Waals surface area contributed by atoms with E-state index < -0.39 is 6.03 Å². The molecule has 1 saturated heterocycles. The highest BCUT2D eigenvalue weighted by Crippen LogP contribution is 2.23. The molecule has 0 bridgehead atoms. The van der Waals surface area contributed by atoms with Crippen molar-refractivity contribution in [2.24, 2.45) is 5.73 Å². The van der Waals surface area contributed by atoms with Crippen molar-refractivity contribution in [3.8, 4) is 0 Å². The van der Waals surface area contributed by atoms with Crippen molar-refractivity contribution in [2.75, 3.05) is 13.1 Å². The van der Waals surface area contributed by atoms with E-state index in [4.69, 9.17) is 28.9 Å². The summed E-state index contributed by atoms with van der Waals surface area (Å²) >= 11 is 11.7. The zero-order valence-corrected chi connectivity index (χ0v) is 12.7. The second kappa shape index (κ2) is 6.83. The number of carbonyl (C=O) groups is 2. The van der Waals surface area contributed by atoms with Crippen molar-refractivity contribution >= 4 is 41.2 Å². The summed E-state index contributed by atoms with van der Waals surface area (Å²) in [5.74, 6) is -0.116. The van der Waals surface area contributed by atoms with Gasteiger partial charge in [-0.1, -0.05) is 29.3 Å². The Kier molecular flexibility index (Phi) is 5.09. The van der Waals surface area contributed by atoms with Gasteiger partial charge in [0.15, 0.2) is 0 Å². The first kappa shape index (κ1) is 15.7. The average molecular weight is 328 g/mol. The molecule has 0 radical (unpaired) electrons. The van der Waals surface area contributed by atoms with Gasteiger partial charge >= 0.3 is 6.03 Å². The van der Waals surface area contributed by atoms with Crippen LogP contribution in [0.5, 0.6) is 0 Å². The van der Waals surface area contributed by atoms with Crippen molar-refractivity contribution in [1.82, 2.24) is 10.2 Å². The number of hydrogen-bond donors (Lipinski definition) is 2. The summed E-state index contributed by atoms with van der Waals surface area (Å²) in [6, 6.07) is 4.50. The van der Waals surface area contributed by atoms with Crippen molar-refractivity contribution in [1.29, 1.82) is 0 Å². The maximum atomic E-state index is 12.0. The number of carbonyl (C=O) groups excluding carboxylic acids is 2. The molecule has 5 nitrogen and oxygen atoms in total. The van der Waals surface area contributed by atoms with Gasteiger partial charge < -0.3 is 16.0 Å². The van der Waals surface area contributed by atoms with Gasteiger partial charge in [-0.05, 0) is 30.2 Å². The number of nitrogens with zero attached hydrogens (tertiary/aromatic N) is 1. The van der Waals surface area contributed by atoms with Crippen LogP contribution in [0.4, 0.5) is 4.79 Å². The predicted molar refractivity (Wildman–Crippen MR) is 83.2 cm³/mol. The summed E-state index contributed by atoms with van der Waals surface area (Å²) in [5.41, 5.74) is 5.86. The highest BCUT2D eigenvalue weighted by Gasteiger charge is 2.25. The lowest BCUT2D eigenvalue weighted by Gasteiger charge is -2.14. The summed E-state index contributed by atoms with van der Waals surface area (Å²) in [7, 11) is 0. The smallest absolute Gasteiger partial charge is 0.312 e. The fraction of sp³-hybridized carbons (Fsp3) is 0.286. The van der Waals surface area contributed by atoms with E-state index in [1.165, 1.54) is 6.08 Å². The lowest BCUT2D eigenvalue weighted by molar-refractivity contribution is -0.125. The van der Waals surface area contributed by atoms with E-state index in [1.54, 1.807) is 29.2 Å². The number of benzene rings is 1. The zero-order chi connectivity index (χ0) is 15.4. The maximum Gasteiger partial charge on any atom is 0.312 e. The molecule has 0 spiro atoms. The molecule has 21 heavy (non-hydrogen) atoms. The Balaban J connectivity index is 1.94. The van der Waals surface area contributed by atoms with E-state index in [-0.39, 0.29) is 11.9 Å². The first-order valence-corrected chi connectivity index (χ1v) is 7.19. The van der Waals surface area contributed by atoms with Crippen LogP contribution in [0.3, 0.4) is 0 Å². The molecular weight excluding hydrogens is 313 g/mol. The first-order chi connectivity index (χ1) is 9.95. The molecule has 1 heterocycles. The molecule has 1 aromatic rings. The fourth-order valence-electron chi connectivity index (χ4n) is 2.17. The third-order valence-electron chi connectivity index (χ3n) is 3.21. The third kappa shape index (κ3) is 4.37. The fourth-order valence-corrected chi connectivity index (χ4v) is 2.47. The molecule has 2 rings (SSSR count). The van der Waals surface area contributed by atoms with Crippen molar-refractivity contribution in [3.63, 3.8) is 0 Å².